The number of aromatic nitrogens is 1. The molecule has 0 atom stereocenters. The molecule has 0 saturated heterocycles. The van der Waals surface area contributed by atoms with E-state index >= 15 is 0 Å². The van der Waals surface area contributed by atoms with Crippen molar-refractivity contribution in [1.82, 2.24) is 10.3 Å². The molecule has 1 saturated carbocycles. The van der Waals surface area contributed by atoms with Gasteiger partial charge in [0.25, 0.3) is 0 Å². The first kappa shape index (κ1) is 16.0. The zero-order valence-corrected chi connectivity index (χ0v) is 13.7. The maximum absolute atomic E-state index is 12.9. The second kappa shape index (κ2) is 6.17. The van der Waals surface area contributed by atoms with E-state index in [1.807, 2.05) is 20.8 Å². The van der Waals surface area contributed by atoms with E-state index in [1.165, 1.54) is 6.07 Å². The molecule has 0 aliphatic heterocycles. The van der Waals surface area contributed by atoms with Gasteiger partial charge in [0.05, 0.1) is 10.7 Å². The zero-order valence-electron chi connectivity index (χ0n) is 12.2. The largest absolute Gasteiger partial charge is 0.473 e. The van der Waals surface area contributed by atoms with Crippen molar-refractivity contribution in [3.63, 3.8) is 0 Å². The van der Waals surface area contributed by atoms with Crippen LogP contribution in [0.1, 0.15) is 33.6 Å². The molecule has 0 spiro atoms. The van der Waals surface area contributed by atoms with Crippen molar-refractivity contribution in [3.05, 3.63) is 22.6 Å². The normalized spacial score (nSPS) is 21.4. The van der Waals surface area contributed by atoms with Gasteiger partial charge in [0.15, 0.2) is 0 Å². The minimum atomic E-state index is -0.428. The van der Waals surface area contributed by atoms with Crippen LogP contribution in [0.5, 0.6) is 5.88 Å². The van der Waals surface area contributed by atoms with Gasteiger partial charge in [-0.25, -0.2) is 14.2 Å². The molecule has 1 N–H and O–H groups in total. The number of carbonyl (C=O) groups excluding carboxylic acids is 1. The fourth-order valence-corrected chi connectivity index (χ4v) is 2.26. The highest BCUT2D eigenvalue weighted by atomic mass is 79.9. The number of nitrogens with one attached hydrogen (secondary N) is 1. The number of hydrogen-bond acceptors (Lipinski definition) is 4. The zero-order chi connectivity index (χ0) is 15.6. The lowest BCUT2D eigenvalue weighted by Gasteiger charge is -2.35. The Morgan fingerprint density at radius 2 is 2.10 bits per heavy atom. The fraction of sp³-hybridized carbons (Fsp3) is 0.571. The van der Waals surface area contributed by atoms with Crippen molar-refractivity contribution in [1.29, 1.82) is 0 Å². The molecule has 0 aromatic carbocycles. The Kier molecular flexibility index (Phi) is 4.70. The summed E-state index contributed by atoms with van der Waals surface area (Å²) in [5.74, 6) is -0.0816. The minimum absolute atomic E-state index is 0.0771. The third-order valence-corrected chi connectivity index (χ3v) is 3.42. The Hall–Kier alpha value is -1.37. The standard InChI is InChI=1S/C14H18BrFN2O3/c1-14(2,3)18-13(19)21-10-5-9(6-10)20-12-11(15)4-8(16)7-17-12/h4,7,9-10H,5-6H2,1-3H3,(H,18,19). The molecular weight excluding hydrogens is 343 g/mol. The van der Waals surface area contributed by atoms with Crippen LogP contribution in [-0.2, 0) is 4.74 Å². The predicted octanol–water partition coefficient (Wildman–Crippen LogP) is 3.42. The number of ether oxygens (including phenoxy) is 2. The van der Waals surface area contributed by atoms with Crippen LogP contribution >= 0.6 is 15.9 Å². The molecule has 0 radical (unpaired) electrons. The molecule has 21 heavy (non-hydrogen) atoms. The van der Waals surface area contributed by atoms with Gasteiger partial charge in [-0.2, -0.15) is 0 Å². The van der Waals surface area contributed by atoms with Crippen LogP contribution in [0.3, 0.4) is 0 Å². The van der Waals surface area contributed by atoms with Crippen LogP contribution in [0.15, 0.2) is 16.7 Å². The highest BCUT2D eigenvalue weighted by molar-refractivity contribution is 9.10. The topological polar surface area (TPSA) is 60.5 Å². The summed E-state index contributed by atoms with van der Waals surface area (Å²) in [4.78, 5) is 15.5. The maximum atomic E-state index is 12.9. The first-order valence-electron chi connectivity index (χ1n) is 6.69. The van der Waals surface area contributed by atoms with Gasteiger partial charge in [-0.05, 0) is 42.8 Å². The predicted molar refractivity (Wildman–Crippen MR) is 78.7 cm³/mol. The van der Waals surface area contributed by atoms with Gasteiger partial charge in [0.1, 0.15) is 18.0 Å². The second-order valence-electron chi connectivity index (χ2n) is 6.05. The molecule has 1 aliphatic rings. The van der Waals surface area contributed by atoms with Gasteiger partial charge < -0.3 is 14.8 Å². The second-order valence-corrected chi connectivity index (χ2v) is 6.91. The van der Waals surface area contributed by atoms with Crippen LogP contribution in [0.2, 0.25) is 0 Å². The van der Waals surface area contributed by atoms with Crippen LogP contribution in [0.25, 0.3) is 0 Å². The van der Waals surface area contributed by atoms with E-state index in [1.54, 1.807) is 0 Å². The molecule has 1 aromatic heterocycles. The van der Waals surface area contributed by atoms with Crippen molar-refractivity contribution in [2.24, 2.45) is 0 Å². The van der Waals surface area contributed by atoms with E-state index in [9.17, 15) is 9.18 Å². The van der Waals surface area contributed by atoms with Crippen LogP contribution in [-0.4, -0.2) is 28.8 Å². The number of rotatable bonds is 3. The first-order valence-corrected chi connectivity index (χ1v) is 7.49. The molecular formula is C14H18BrFN2O3. The molecule has 1 fully saturated rings. The maximum Gasteiger partial charge on any atom is 0.407 e. The summed E-state index contributed by atoms with van der Waals surface area (Å²) < 4.78 is 24.2. The van der Waals surface area contributed by atoms with E-state index in [4.69, 9.17) is 9.47 Å². The van der Waals surface area contributed by atoms with Gasteiger partial charge in [-0.15, -0.1) is 0 Å². The molecule has 116 valence electrons. The van der Waals surface area contributed by atoms with Crippen LogP contribution < -0.4 is 10.1 Å². The smallest absolute Gasteiger partial charge is 0.407 e. The minimum Gasteiger partial charge on any atom is -0.473 e. The molecule has 1 aromatic rings. The van der Waals surface area contributed by atoms with E-state index in [2.05, 4.69) is 26.2 Å². The summed E-state index contributed by atoms with van der Waals surface area (Å²) >= 11 is 3.19. The van der Waals surface area contributed by atoms with Crippen LogP contribution in [0, 0.1) is 5.82 Å². The number of halogens is 2. The third kappa shape index (κ3) is 4.84. The molecule has 0 unspecified atom stereocenters. The Morgan fingerprint density at radius 1 is 1.43 bits per heavy atom. The molecule has 2 rings (SSSR count). The number of hydrogen-bond donors (Lipinski definition) is 1. The van der Waals surface area contributed by atoms with Crippen molar-refractivity contribution in [2.75, 3.05) is 0 Å². The van der Waals surface area contributed by atoms with Gasteiger partial charge in [0, 0.05) is 18.4 Å². The summed E-state index contributed by atoms with van der Waals surface area (Å²) in [6, 6.07) is 1.30. The molecule has 0 bridgehead atoms. The number of carbonyl (C=O) groups is 1. The van der Waals surface area contributed by atoms with Gasteiger partial charge in [-0.1, -0.05) is 0 Å². The summed E-state index contributed by atoms with van der Waals surface area (Å²) in [7, 11) is 0. The van der Waals surface area contributed by atoms with Crippen molar-refractivity contribution < 1.29 is 18.7 Å². The van der Waals surface area contributed by atoms with E-state index in [-0.39, 0.29) is 17.7 Å². The van der Waals surface area contributed by atoms with E-state index < -0.39 is 11.9 Å². The molecule has 1 aliphatic carbocycles. The van der Waals surface area contributed by atoms with Gasteiger partial charge in [-0.3, -0.25) is 0 Å². The molecule has 5 nitrogen and oxygen atoms in total. The van der Waals surface area contributed by atoms with Crippen molar-refractivity contribution >= 4 is 22.0 Å². The Balaban J connectivity index is 1.75. The third-order valence-electron chi connectivity index (χ3n) is 2.85. The highest BCUT2D eigenvalue weighted by Gasteiger charge is 2.35. The Morgan fingerprint density at radius 3 is 2.67 bits per heavy atom. The summed E-state index contributed by atoms with van der Waals surface area (Å²) in [6.45, 7) is 5.66. The number of alkyl carbamates (subject to hydrolysis) is 1. The molecule has 1 heterocycles. The SMILES string of the molecule is CC(C)(C)NC(=O)OC1CC(Oc2ncc(F)cc2Br)C1. The fourth-order valence-electron chi connectivity index (χ4n) is 1.84. The summed E-state index contributed by atoms with van der Waals surface area (Å²) in [5.41, 5.74) is -0.320. The molecule has 1 amide bonds. The van der Waals surface area contributed by atoms with Gasteiger partial charge >= 0.3 is 6.09 Å². The van der Waals surface area contributed by atoms with E-state index in [0.29, 0.717) is 23.2 Å². The lowest BCUT2D eigenvalue weighted by molar-refractivity contribution is -0.0263. The average Bonchev–Trinajstić information content (AvgIpc) is 2.26. The van der Waals surface area contributed by atoms with Crippen molar-refractivity contribution in [3.8, 4) is 5.88 Å². The quantitative estimate of drug-likeness (QED) is 0.896. The van der Waals surface area contributed by atoms with Gasteiger partial charge in [0.2, 0.25) is 5.88 Å². The molecule has 7 heteroatoms. The first-order chi connectivity index (χ1) is 9.73. The Bertz CT molecular complexity index is 527. The lowest BCUT2D eigenvalue weighted by atomic mass is 9.92. The monoisotopic (exact) mass is 360 g/mol. The summed E-state index contributed by atoms with van der Waals surface area (Å²) in [6.07, 6.45) is 1.64. The number of amides is 1. The van der Waals surface area contributed by atoms with E-state index in [0.717, 1.165) is 6.20 Å². The van der Waals surface area contributed by atoms with Crippen LogP contribution in [0.4, 0.5) is 9.18 Å². The van der Waals surface area contributed by atoms with Crippen molar-refractivity contribution in [2.45, 2.75) is 51.4 Å². The average molecular weight is 361 g/mol. The Labute approximate surface area is 131 Å². The number of nitrogens with zero attached hydrogens (tertiary/aromatic N) is 1. The lowest BCUT2D eigenvalue weighted by Crippen LogP contribution is -2.46. The summed E-state index contributed by atoms with van der Waals surface area (Å²) in [5, 5.41) is 2.73. The number of pyridine rings is 1. The highest BCUT2D eigenvalue weighted by Crippen LogP contribution is 2.31.